The SMILES string of the molecule is Cc1cc(C)c(C)c(S(=O)(=O)NC(CN)C(C)C)c1C. The van der Waals surface area contributed by atoms with E-state index in [0.717, 1.165) is 22.3 Å². The second-order valence-corrected chi connectivity index (χ2v) is 7.45. The molecule has 0 radical (unpaired) electrons. The smallest absolute Gasteiger partial charge is 0.241 e. The molecule has 1 atom stereocenters. The van der Waals surface area contributed by atoms with Crippen LogP contribution in [0, 0.1) is 33.6 Å². The maximum Gasteiger partial charge on any atom is 0.241 e. The zero-order valence-electron chi connectivity index (χ0n) is 13.2. The Labute approximate surface area is 122 Å². The summed E-state index contributed by atoms with van der Waals surface area (Å²) >= 11 is 0. The molecule has 20 heavy (non-hydrogen) atoms. The highest BCUT2D eigenvalue weighted by atomic mass is 32.2. The highest BCUT2D eigenvalue weighted by Crippen LogP contribution is 2.26. The monoisotopic (exact) mass is 298 g/mol. The summed E-state index contributed by atoms with van der Waals surface area (Å²) in [5.74, 6) is 0.154. The van der Waals surface area contributed by atoms with Crippen molar-refractivity contribution in [2.75, 3.05) is 6.54 Å². The highest BCUT2D eigenvalue weighted by molar-refractivity contribution is 7.89. The summed E-state index contributed by atoms with van der Waals surface area (Å²) in [7, 11) is -3.55. The molecule has 0 aliphatic rings. The van der Waals surface area contributed by atoms with Crippen LogP contribution < -0.4 is 10.5 Å². The average molecular weight is 298 g/mol. The maximum absolute atomic E-state index is 12.7. The van der Waals surface area contributed by atoms with E-state index >= 15 is 0 Å². The third kappa shape index (κ3) is 3.40. The number of sulfonamides is 1. The average Bonchev–Trinajstić information content (AvgIpc) is 2.33. The Kier molecular flexibility index (Phi) is 5.35. The molecule has 0 saturated carbocycles. The first-order chi connectivity index (χ1) is 9.11. The van der Waals surface area contributed by atoms with Crippen molar-refractivity contribution in [2.45, 2.75) is 52.5 Å². The van der Waals surface area contributed by atoms with E-state index in [-0.39, 0.29) is 12.0 Å². The van der Waals surface area contributed by atoms with E-state index in [1.54, 1.807) is 0 Å². The second kappa shape index (κ2) is 6.24. The van der Waals surface area contributed by atoms with Gasteiger partial charge in [-0.15, -0.1) is 0 Å². The zero-order chi connectivity index (χ0) is 15.7. The number of hydrogen-bond donors (Lipinski definition) is 2. The quantitative estimate of drug-likeness (QED) is 0.875. The van der Waals surface area contributed by atoms with Crippen molar-refractivity contribution in [1.29, 1.82) is 0 Å². The minimum absolute atomic E-state index is 0.154. The lowest BCUT2D eigenvalue weighted by Gasteiger charge is -2.23. The molecule has 0 aromatic heterocycles. The first kappa shape index (κ1) is 17.1. The van der Waals surface area contributed by atoms with Crippen LogP contribution in [0.4, 0.5) is 0 Å². The second-order valence-electron chi connectivity index (χ2n) is 5.80. The number of hydrogen-bond acceptors (Lipinski definition) is 3. The molecule has 0 heterocycles. The van der Waals surface area contributed by atoms with Crippen LogP contribution >= 0.6 is 0 Å². The van der Waals surface area contributed by atoms with Crippen molar-refractivity contribution in [1.82, 2.24) is 4.72 Å². The molecule has 0 aliphatic carbocycles. The summed E-state index contributed by atoms with van der Waals surface area (Å²) < 4.78 is 28.1. The minimum atomic E-state index is -3.55. The lowest BCUT2D eigenvalue weighted by molar-refractivity contribution is 0.454. The Bertz CT molecular complexity index is 566. The predicted octanol–water partition coefficient (Wildman–Crippen LogP) is 2.18. The van der Waals surface area contributed by atoms with Crippen LogP contribution in [0.1, 0.15) is 36.1 Å². The minimum Gasteiger partial charge on any atom is -0.329 e. The largest absolute Gasteiger partial charge is 0.329 e. The van der Waals surface area contributed by atoms with Crippen molar-refractivity contribution >= 4 is 10.0 Å². The summed E-state index contributed by atoms with van der Waals surface area (Å²) in [5, 5.41) is 0. The van der Waals surface area contributed by atoms with Crippen LogP contribution in [0.25, 0.3) is 0 Å². The van der Waals surface area contributed by atoms with Gasteiger partial charge in [0.25, 0.3) is 0 Å². The van der Waals surface area contributed by atoms with Gasteiger partial charge in [0.05, 0.1) is 4.90 Å². The first-order valence-corrected chi connectivity index (χ1v) is 8.40. The van der Waals surface area contributed by atoms with E-state index in [4.69, 9.17) is 5.73 Å². The summed E-state index contributed by atoms with van der Waals surface area (Å²) in [6.45, 7) is 11.8. The molecule has 4 nitrogen and oxygen atoms in total. The number of rotatable bonds is 5. The van der Waals surface area contributed by atoms with E-state index in [1.165, 1.54) is 0 Å². The Morgan fingerprint density at radius 1 is 1.10 bits per heavy atom. The van der Waals surface area contributed by atoms with Crippen LogP contribution in [0.2, 0.25) is 0 Å². The normalized spacial score (nSPS) is 13.8. The van der Waals surface area contributed by atoms with Gasteiger partial charge in [0.15, 0.2) is 0 Å². The molecule has 1 unspecified atom stereocenters. The van der Waals surface area contributed by atoms with Gasteiger partial charge in [0.1, 0.15) is 0 Å². The summed E-state index contributed by atoms with van der Waals surface area (Å²) in [6.07, 6.45) is 0. The Morgan fingerprint density at radius 3 is 1.90 bits per heavy atom. The van der Waals surface area contributed by atoms with Crippen LogP contribution in [0.15, 0.2) is 11.0 Å². The van der Waals surface area contributed by atoms with Crippen molar-refractivity contribution in [3.8, 4) is 0 Å². The molecule has 3 N–H and O–H groups in total. The van der Waals surface area contributed by atoms with Crippen LogP contribution in [0.3, 0.4) is 0 Å². The molecular formula is C15H26N2O2S. The van der Waals surface area contributed by atoms with E-state index < -0.39 is 10.0 Å². The van der Waals surface area contributed by atoms with E-state index in [1.807, 2.05) is 47.6 Å². The Morgan fingerprint density at radius 2 is 1.55 bits per heavy atom. The fourth-order valence-electron chi connectivity index (χ4n) is 2.30. The van der Waals surface area contributed by atoms with Crippen LogP contribution in [0.5, 0.6) is 0 Å². The fourth-order valence-corrected chi connectivity index (χ4v) is 4.31. The molecule has 0 amide bonds. The molecule has 5 heteroatoms. The number of nitrogens with one attached hydrogen (secondary N) is 1. The van der Waals surface area contributed by atoms with Gasteiger partial charge in [0, 0.05) is 12.6 Å². The lowest BCUT2D eigenvalue weighted by Crippen LogP contribution is -2.44. The van der Waals surface area contributed by atoms with Gasteiger partial charge in [0.2, 0.25) is 10.0 Å². The zero-order valence-corrected chi connectivity index (χ0v) is 14.1. The van der Waals surface area contributed by atoms with Crippen LogP contribution in [-0.2, 0) is 10.0 Å². The number of nitrogens with two attached hydrogens (primary N) is 1. The van der Waals surface area contributed by atoms with Crippen LogP contribution in [-0.4, -0.2) is 21.0 Å². The molecule has 0 spiro atoms. The highest BCUT2D eigenvalue weighted by Gasteiger charge is 2.25. The maximum atomic E-state index is 12.7. The number of aryl methyl sites for hydroxylation is 2. The molecule has 0 bridgehead atoms. The molecule has 1 aromatic carbocycles. The number of benzene rings is 1. The Balaban J connectivity index is 3.36. The molecule has 1 rings (SSSR count). The van der Waals surface area contributed by atoms with Gasteiger partial charge < -0.3 is 5.73 Å². The molecule has 1 aromatic rings. The lowest BCUT2D eigenvalue weighted by atomic mass is 10.0. The van der Waals surface area contributed by atoms with E-state index in [9.17, 15) is 8.42 Å². The third-order valence-corrected chi connectivity index (χ3v) is 5.69. The topological polar surface area (TPSA) is 72.2 Å². The first-order valence-electron chi connectivity index (χ1n) is 6.91. The van der Waals surface area contributed by atoms with Gasteiger partial charge >= 0.3 is 0 Å². The van der Waals surface area contributed by atoms with Gasteiger partial charge in [-0.25, -0.2) is 13.1 Å². The van der Waals surface area contributed by atoms with Gasteiger partial charge in [-0.2, -0.15) is 0 Å². The summed E-state index contributed by atoms with van der Waals surface area (Å²) in [5.41, 5.74) is 9.26. The Hall–Kier alpha value is -0.910. The van der Waals surface area contributed by atoms with E-state index in [0.29, 0.717) is 11.4 Å². The molecule has 0 aliphatic heterocycles. The van der Waals surface area contributed by atoms with Crippen molar-refractivity contribution in [3.63, 3.8) is 0 Å². The van der Waals surface area contributed by atoms with Crippen molar-refractivity contribution in [2.24, 2.45) is 11.7 Å². The van der Waals surface area contributed by atoms with Gasteiger partial charge in [-0.1, -0.05) is 19.9 Å². The standard InChI is InChI=1S/C15H26N2O2S/c1-9(2)14(8-16)17-20(18,19)15-12(5)10(3)7-11(4)13(15)6/h7,9,14,17H,8,16H2,1-6H3. The molecule has 0 saturated heterocycles. The van der Waals surface area contributed by atoms with E-state index in [2.05, 4.69) is 4.72 Å². The van der Waals surface area contributed by atoms with Gasteiger partial charge in [-0.05, 0) is 55.9 Å². The summed E-state index contributed by atoms with van der Waals surface area (Å²) in [6, 6.07) is 1.77. The van der Waals surface area contributed by atoms with Gasteiger partial charge in [-0.3, -0.25) is 0 Å². The third-order valence-electron chi connectivity index (χ3n) is 3.93. The molecule has 114 valence electrons. The predicted molar refractivity (Wildman–Crippen MR) is 83.4 cm³/mol. The fraction of sp³-hybridized carbons (Fsp3) is 0.600. The summed E-state index contributed by atoms with van der Waals surface area (Å²) in [4.78, 5) is 0.397. The van der Waals surface area contributed by atoms with Crippen molar-refractivity contribution < 1.29 is 8.42 Å². The molecular weight excluding hydrogens is 272 g/mol. The molecule has 0 fully saturated rings. The van der Waals surface area contributed by atoms with Crippen molar-refractivity contribution in [3.05, 3.63) is 28.3 Å².